The second-order valence-electron chi connectivity index (χ2n) is 7.02. The molecule has 0 aromatic heterocycles. The minimum atomic E-state index is -0.794. The summed E-state index contributed by atoms with van der Waals surface area (Å²) in [5.74, 6) is -1.55. The molecule has 8 nitrogen and oxygen atoms in total. The van der Waals surface area contributed by atoms with E-state index in [0.29, 0.717) is 38.8 Å². The highest BCUT2D eigenvalue weighted by Crippen LogP contribution is 2.04. The quantitative estimate of drug-likeness (QED) is 0.246. The lowest BCUT2D eigenvalue weighted by atomic mass is 10.1. The number of carboxylic acid groups (broad SMARTS) is 2. The molecule has 2 amide bonds. The van der Waals surface area contributed by atoms with Crippen molar-refractivity contribution in [3.8, 4) is 0 Å². The van der Waals surface area contributed by atoms with Crippen molar-refractivity contribution in [1.29, 1.82) is 0 Å². The number of rotatable bonds is 19. The average Bonchev–Trinajstić information content (AvgIpc) is 2.62. The number of hydrogen-bond donors (Lipinski definition) is 4. The van der Waals surface area contributed by atoms with Crippen LogP contribution in [-0.2, 0) is 19.2 Å². The van der Waals surface area contributed by atoms with E-state index in [1.54, 1.807) is 0 Å². The third kappa shape index (κ3) is 20.2. The van der Waals surface area contributed by atoms with Gasteiger partial charge in [-0.1, -0.05) is 25.7 Å². The molecule has 162 valence electrons. The van der Waals surface area contributed by atoms with E-state index in [4.69, 9.17) is 10.2 Å². The minimum absolute atomic E-state index is 0.0194. The van der Waals surface area contributed by atoms with E-state index in [1.807, 2.05) is 0 Å². The lowest BCUT2D eigenvalue weighted by molar-refractivity contribution is -0.138. The number of carbonyl (C=O) groups is 4. The molecule has 0 saturated heterocycles. The molecule has 4 N–H and O–H groups in total. The zero-order valence-corrected chi connectivity index (χ0v) is 16.8. The highest BCUT2D eigenvalue weighted by atomic mass is 16.4. The van der Waals surface area contributed by atoms with Crippen LogP contribution in [0.1, 0.15) is 89.9 Å². The van der Waals surface area contributed by atoms with Crippen LogP contribution in [0.5, 0.6) is 0 Å². The van der Waals surface area contributed by atoms with E-state index < -0.39 is 11.9 Å². The number of unbranched alkanes of at least 4 members (excludes halogenated alkanes) is 7. The Labute approximate surface area is 167 Å². The number of aliphatic carboxylic acids is 2. The first-order valence-electron chi connectivity index (χ1n) is 10.4. The van der Waals surface area contributed by atoms with E-state index >= 15 is 0 Å². The van der Waals surface area contributed by atoms with Gasteiger partial charge < -0.3 is 20.8 Å². The normalized spacial score (nSPS) is 10.4. The Kier molecular flexibility index (Phi) is 16.9. The van der Waals surface area contributed by atoms with Gasteiger partial charge in [0, 0.05) is 38.8 Å². The number of hydrogen-bond acceptors (Lipinski definition) is 4. The first kappa shape index (κ1) is 25.9. The summed E-state index contributed by atoms with van der Waals surface area (Å²) >= 11 is 0. The Morgan fingerprint density at radius 3 is 1.14 bits per heavy atom. The lowest BCUT2D eigenvalue weighted by Crippen LogP contribution is -2.24. The van der Waals surface area contributed by atoms with Gasteiger partial charge in [-0.3, -0.25) is 19.2 Å². The van der Waals surface area contributed by atoms with Gasteiger partial charge in [0.1, 0.15) is 0 Å². The maximum absolute atomic E-state index is 11.6. The fraction of sp³-hybridized carbons (Fsp3) is 0.800. The van der Waals surface area contributed by atoms with Gasteiger partial charge in [-0.05, 0) is 38.5 Å². The smallest absolute Gasteiger partial charge is 0.303 e. The maximum Gasteiger partial charge on any atom is 0.303 e. The zero-order chi connectivity index (χ0) is 21.0. The third-order valence-corrected chi connectivity index (χ3v) is 4.34. The van der Waals surface area contributed by atoms with Crippen LogP contribution in [0.25, 0.3) is 0 Å². The molecule has 0 aromatic carbocycles. The number of nitrogens with one attached hydrogen (secondary N) is 2. The van der Waals surface area contributed by atoms with Crippen LogP contribution in [0.15, 0.2) is 0 Å². The van der Waals surface area contributed by atoms with Gasteiger partial charge in [-0.2, -0.15) is 0 Å². The highest BCUT2D eigenvalue weighted by molar-refractivity contribution is 5.76. The van der Waals surface area contributed by atoms with Crippen molar-refractivity contribution in [3.05, 3.63) is 0 Å². The fourth-order valence-electron chi connectivity index (χ4n) is 2.71. The van der Waals surface area contributed by atoms with E-state index in [0.717, 1.165) is 51.4 Å². The monoisotopic (exact) mass is 400 g/mol. The van der Waals surface area contributed by atoms with Crippen LogP contribution in [-0.4, -0.2) is 47.1 Å². The van der Waals surface area contributed by atoms with Crippen LogP contribution in [0.4, 0.5) is 0 Å². The van der Waals surface area contributed by atoms with Gasteiger partial charge in [-0.15, -0.1) is 0 Å². The number of carbonyl (C=O) groups excluding carboxylic acids is 2. The minimum Gasteiger partial charge on any atom is -0.481 e. The van der Waals surface area contributed by atoms with Crippen molar-refractivity contribution in [3.63, 3.8) is 0 Å². The van der Waals surface area contributed by atoms with Crippen LogP contribution >= 0.6 is 0 Å². The molecule has 0 bridgehead atoms. The second kappa shape index (κ2) is 18.3. The molecule has 0 spiro atoms. The van der Waals surface area contributed by atoms with Gasteiger partial charge in [0.25, 0.3) is 0 Å². The molecule has 0 atom stereocenters. The Bertz CT molecular complexity index is 426. The largest absolute Gasteiger partial charge is 0.481 e. The predicted octanol–water partition coefficient (Wildman–Crippen LogP) is 2.85. The predicted molar refractivity (Wildman–Crippen MR) is 106 cm³/mol. The summed E-state index contributed by atoms with van der Waals surface area (Å²) in [6.07, 6.45) is 9.19. The van der Waals surface area contributed by atoms with Crippen LogP contribution in [0.3, 0.4) is 0 Å². The summed E-state index contributed by atoms with van der Waals surface area (Å²) < 4.78 is 0. The van der Waals surface area contributed by atoms with Gasteiger partial charge in [0.15, 0.2) is 0 Å². The SMILES string of the molecule is O=C(O)CCCCCC(=O)NCCCCCCNC(=O)CCCCCC(=O)O. The van der Waals surface area contributed by atoms with E-state index in [2.05, 4.69) is 10.6 Å². The van der Waals surface area contributed by atoms with Crippen molar-refractivity contribution in [2.24, 2.45) is 0 Å². The molecule has 0 unspecified atom stereocenters. The average molecular weight is 401 g/mol. The summed E-state index contributed by atoms with van der Waals surface area (Å²) in [6.45, 7) is 1.30. The summed E-state index contributed by atoms with van der Waals surface area (Å²) in [5, 5.41) is 22.8. The molecule has 28 heavy (non-hydrogen) atoms. The third-order valence-electron chi connectivity index (χ3n) is 4.34. The van der Waals surface area contributed by atoms with E-state index in [1.165, 1.54) is 0 Å². The van der Waals surface area contributed by atoms with Gasteiger partial charge in [-0.25, -0.2) is 0 Å². The molecule has 0 aliphatic rings. The van der Waals surface area contributed by atoms with E-state index in [9.17, 15) is 19.2 Å². The Balaban J connectivity index is 3.31. The highest BCUT2D eigenvalue weighted by Gasteiger charge is 2.03. The number of amides is 2. The van der Waals surface area contributed by atoms with Crippen molar-refractivity contribution in [2.45, 2.75) is 89.9 Å². The molecule has 0 rings (SSSR count). The van der Waals surface area contributed by atoms with E-state index in [-0.39, 0.29) is 24.7 Å². The van der Waals surface area contributed by atoms with Crippen molar-refractivity contribution in [2.75, 3.05) is 13.1 Å². The Morgan fingerprint density at radius 1 is 0.464 bits per heavy atom. The number of carboxylic acids is 2. The van der Waals surface area contributed by atoms with Crippen LogP contribution in [0, 0.1) is 0 Å². The van der Waals surface area contributed by atoms with Gasteiger partial charge in [0.05, 0.1) is 0 Å². The van der Waals surface area contributed by atoms with Crippen LogP contribution in [0.2, 0.25) is 0 Å². The molecule has 0 heterocycles. The molecule has 0 aromatic rings. The first-order chi connectivity index (χ1) is 13.4. The molecular weight excluding hydrogens is 364 g/mol. The van der Waals surface area contributed by atoms with Crippen molar-refractivity contribution in [1.82, 2.24) is 10.6 Å². The molecule has 8 heteroatoms. The molecule has 0 aliphatic heterocycles. The molecule has 0 radical (unpaired) electrons. The van der Waals surface area contributed by atoms with Crippen LogP contribution < -0.4 is 10.6 Å². The second-order valence-corrected chi connectivity index (χ2v) is 7.02. The summed E-state index contributed by atoms with van der Waals surface area (Å²) in [7, 11) is 0. The summed E-state index contributed by atoms with van der Waals surface area (Å²) in [5.41, 5.74) is 0. The van der Waals surface area contributed by atoms with Gasteiger partial charge >= 0.3 is 11.9 Å². The standard InChI is InChI=1S/C20H36N2O6/c23-17(11-5-3-7-13-19(25)26)21-15-9-1-2-10-16-22-18(24)12-6-4-8-14-20(27)28/h1-16H2,(H,21,23)(H,22,24)(H,25,26)(H,27,28). The zero-order valence-electron chi connectivity index (χ0n) is 16.8. The fourth-order valence-corrected chi connectivity index (χ4v) is 2.71. The summed E-state index contributed by atoms with van der Waals surface area (Å²) in [6, 6.07) is 0. The van der Waals surface area contributed by atoms with Crippen molar-refractivity contribution >= 4 is 23.8 Å². The first-order valence-corrected chi connectivity index (χ1v) is 10.4. The van der Waals surface area contributed by atoms with Gasteiger partial charge in [0.2, 0.25) is 11.8 Å². The molecule has 0 saturated carbocycles. The lowest BCUT2D eigenvalue weighted by Gasteiger charge is -2.06. The Hall–Kier alpha value is -2.12. The topological polar surface area (TPSA) is 133 Å². The maximum atomic E-state index is 11.6. The molecular formula is C20H36N2O6. The summed E-state index contributed by atoms with van der Waals surface area (Å²) in [4.78, 5) is 43.9. The molecule has 0 aliphatic carbocycles. The molecule has 0 fully saturated rings. The van der Waals surface area contributed by atoms with Crippen molar-refractivity contribution < 1.29 is 29.4 Å². The Morgan fingerprint density at radius 2 is 0.786 bits per heavy atom.